The summed E-state index contributed by atoms with van der Waals surface area (Å²) >= 11 is 0. The van der Waals surface area contributed by atoms with Crippen LogP contribution < -0.4 is 5.32 Å². The lowest BCUT2D eigenvalue weighted by molar-refractivity contribution is -0.00275. The van der Waals surface area contributed by atoms with E-state index >= 15 is 0 Å². The summed E-state index contributed by atoms with van der Waals surface area (Å²) in [5, 5.41) is 13.3. The molecular weight excluding hydrogens is 162 g/mol. The third-order valence-electron chi connectivity index (χ3n) is 3.22. The first-order chi connectivity index (χ1) is 6.04. The van der Waals surface area contributed by atoms with Gasteiger partial charge >= 0.3 is 0 Å². The van der Waals surface area contributed by atoms with E-state index in [1.54, 1.807) is 0 Å². The van der Waals surface area contributed by atoms with Gasteiger partial charge in [0.05, 0.1) is 5.60 Å². The van der Waals surface area contributed by atoms with Crippen LogP contribution in [0.25, 0.3) is 0 Å². The van der Waals surface area contributed by atoms with Crippen molar-refractivity contribution in [1.82, 2.24) is 5.32 Å². The van der Waals surface area contributed by atoms with Crippen LogP contribution in [0.1, 0.15) is 46.5 Å². The molecule has 1 aliphatic rings. The number of hydrogen-bond donors (Lipinski definition) is 2. The van der Waals surface area contributed by atoms with Crippen molar-refractivity contribution in [2.75, 3.05) is 6.54 Å². The average Bonchev–Trinajstić information content (AvgIpc) is 2.04. The van der Waals surface area contributed by atoms with Gasteiger partial charge in [0, 0.05) is 6.04 Å². The summed E-state index contributed by atoms with van der Waals surface area (Å²) in [6.45, 7) is 7.09. The van der Waals surface area contributed by atoms with E-state index in [4.69, 9.17) is 0 Å². The molecule has 0 aromatic carbocycles. The summed E-state index contributed by atoms with van der Waals surface area (Å²) < 4.78 is 0. The van der Waals surface area contributed by atoms with Gasteiger partial charge < -0.3 is 10.4 Å². The second-order valence-corrected chi connectivity index (χ2v) is 4.76. The summed E-state index contributed by atoms with van der Waals surface area (Å²) in [6.07, 6.45) is 4.79. The van der Waals surface area contributed by atoms with E-state index in [2.05, 4.69) is 12.2 Å². The summed E-state index contributed by atoms with van der Waals surface area (Å²) in [6, 6.07) is 0.698. The molecule has 0 bridgehead atoms. The molecule has 0 radical (unpaired) electrons. The molecule has 2 heteroatoms. The number of aliphatic hydroxyl groups is 1. The monoisotopic (exact) mass is 185 g/mol. The lowest BCUT2D eigenvalue weighted by Gasteiger charge is -2.36. The quantitative estimate of drug-likeness (QED) is 0.704. The molecule has 78 valence electrons. The van der Waals surface area contributed by atoms with E-state index in [-0.39, 0.29) is 0 Å². The van der Waals surface area contributed by atoms with Gasteiger partial charge in [0.15, 0.2) is 0 Å². The zero-order chi connectivity index (χ0) is 9.90. The third kappa shape index (κ3) is 3.28. The van der Waals surface area contributed by atoms with Crippen molar-refractivity contribution in [1.29, 1.82) is 0 Å². The summed E-state index contributed by atoms with van der Waals surface area (Å²) in [4.78, 5) is 0. The van der Waals surface area contributed by atoms with E-state index in [1.807, 2.05) is 13.8 Å². The Kier molecular flexibility index (Phi) is 3.74. The summed E-state index contributed by atoms with van der Waals surface area (Å²) in [5.74, 6) is 0.502. The van der Waals surface area contributed by atoms with Crippen molar-refractivity contribution >= 4 is 0 Å². The molecule has 0 saturated heterocycles. The van der Waals surface area contributed by atoms with E-state index in [9.17, 15) is 5.11 Å². The van der Waals surface area contributed by atoms with Crippen LogP contribution >= 0.6 is 0 Å². The number of hydrogen-bond acceptors (Lipinski definition) is 2. The summed E-state index contributed by atoms with van der Waals surface area (Å²) in [5.41, 5.74) is -0.475. The molecule has 0 aliphatic heterocycles. The first-order valence-electron chi connectivity index (χ1n) is 5.49. The largest absolute Gasteiger partial charge is 0.390 e. The molecule has 0 amide bonds. The molecule has 2 N–H and O–H groups in total. The van der Waals surface area contributed by atoms with Crippen LogP contribution in [0.3, 0.4) is 0 Å². The molecule has 0 spiro atoms. The van der Waals surface area contributed by atoms with Crippen LogP contribution in [0.5, 0.6) is 0 Å². The maximum atomic E-state index is 9.84. The minimum atomic E-state index is -0.475. The smallest absolute Gasteiger partial charge is 0.0619 e. The third-order valence-corrected chi connectivity index (χ3v) is 3.22. The molecule has 1 aliphatic carbocycles. The van der Waals surface area contributed by atoms with Gasteiger partial charge in [-0.15, -0.1) is 0 Å². The van der Waals surface area contributed by atoms with Crippen LogP contribution in [-0.2, 0) is 0 Å². The molecule has 0 aromatic rings. The Balaban J connectivity index is 2.30. The predicted octanol–water partition coefficient (Wildman–Crippen LogP) is 1.93. The number of rotatable bonds is 3. The Morgan fingerprint density at radius 3 is 2.15 bits per heavy atom. The van der Waals surface area contributed by atoms with Crippen LogP contribution in [0.15, 0.2) is 0 Å². The zero-order valence-corrected chi connectivity index (χ0v) is 9.14. The fraction of sp³-hybridized carbons (Fsp3) is 1.00. The highest BCUT2D eigenvalue weighted by molar-refractivity contribution is 4.84. The zero-order valence-electron chi connectivity index (χ0n) is 9.14. The molecule has 0 aromatic heterocycles. The van der Waals surface area contributed by atoms with Crippen LogP contribution in [0.2, 0.25) is 0 Å². The fourth-order valence-electron chi connectivity index (χ4n) is 2.29. The Morgan fingerprint density at radius 1 is 1.23 bits per heavy atom. The van der Waals surface area contributed by atoms with Gasteiger partial charge in [-0.1, -0.05) is 6.92 Å². The normalized spacial score (nSPS) is 30.5. The van der Waals surface area contributed by atoms with Crippen molar-refractivity contribution in [2.24, 2.45) is 5.92 Å². The highest BCUT2D eigenvalue weighted by Crippen LogP contribution is 2.32. The first-order valence-corrected chi connectivity index (χ1v) is 5.49. The van der Waals surface area contributed by atoms with Crippen molar-refractivity contribution in [3.63, 3.8) is 0 Å². The average molecular weight is 185 g/mol. The van der Waals surface area contributed by atoms with E-state index in [0.29, 0.717) is 12.0 Å². The maximum absolute atomic E-state index is 9.84. The fourth-order valence-corrected chi connectivity index (χ4v) is 2.29. The Morgan fingerprint density at radius 2 is 1.77 bits per heavy atom. The SMILES string of the molecule is CCN[C@H]1CC[C@H](C(C)(C)O)CC1. The van der Waals surface area contributed by atoms with E-state index < -0.39 is 5.60 Å². The Labute approximate surface area is 81.7 Å². The first kappa shape index (κ1) is 11.0. The molecule has 0 unspecified atom stereocenters. The molecule has 13 heavy (non-hydrogen) atoms. The highest BCUT2D eigenvalue weighted by atomic mass is 16.3. The topological polar surface area (TPSA) is 32.3 Å². The van der Waals surface area contributed by atoms with Gasteiger partial charge in [0.25, 0.3) is 0 Å². The highest BCUT2D eigenvalue weighted by Gasteiger charge is 2.30. The van der Waals surface area contributed by atoms with Crippen LogP contribution in [0.4, 0.5) is 0 Å². The second-order valence-electron chi connectivity index (χ2n) is 4.76. The molecular formula is C11H23NO. The molecule has 0 atom stereocenters. The van der Waals surface area contributed by atoms with Gasteiger partial charge in [-0.2, -0.15) is 0 Å². The van der Waals surface area contributed by atoms with E-state index in [1.165, 1.54) is 25.7 Å². The molecule has 1 fully saturated rings. The molecule has 0 heterocycles. The van der Waals surface area contributed by atoms with Gasteiger partial charge in [-0.25, -0.2) is 0 Å². The van der Waals surface area contributed by atoms with Crippen LogP contribution in [0, 0.1) is 5.92 Å². The van der Waals surface area contributed by atoms with Crippen molar-refractivity contribution in [3.05, 3.63) is 0 Å². The van der Waals surface area contributed by atoms with Crippen molar-refractivity contribution in [2.45, 2.75) is 58.1 Å². The Hall–Kier alpha value is -0.0800. The van der Waals surface area contributed by atoms with Gasteiger partial charge in [-0.3, -0.25) is 0 Å². The van der Waals surface area contributed by atoms with Gasteiger partial charge in [-0.05, 0) is 52.0 Å². The Bertz CT molecular complexity index is 143. The summed E-state index contributed by atoms with van der Waals surface area (Å²) in [7, 11) is 0. The van der Waals surface area contributed by atoms with Gasteiger partial charge in [0.2, 0.25) is 0 Å². The van der Waals surface area contributed by atoms with E-state index in [0.717, 1.165) is 6.54 Å². The standard InChI is InChI=1S/C11H23NO/c1-4-12-10-7-5-9(6-8-10)11(2,3)13/h9-10,12-13H,4-8H2,1-3H3/t9-,10-. The predicted molar refractivity (Wildman–Crippen MR) is 55.7 cm³/mol. The molecule has 2 nitrogen and oxygen atoms in total. The molecule has 1 rings (SSSR count). The van der Waals surface area contributed by atoms with Crippen LogP contribution in [-0.4, -0.2) is 23.3 Å². The second kappa shape index (κ2) is 4.43. The molecule has 1 saturated carbocycles. The maximum Gasteiger partial charge on any atom is 0.0619 e. The lowest BCUT2D eigenvalue weighted by atomic mass is 9.77. The lowest BCUT2D eigenvalue weighted by Crippen LogP contribution is -2.39. The van der Waals surface area contributed by atoms with Gasteiger partial charge in [0.1, 0.15) is 0 Å². The minimum Gasteiger partial charge on any atom is -0.390 e. The van der Waals surface area contributed by atoms with Crippen molar-refractivity contribution < 1.29 is 5.11 Å². The number of nitrogens with one attached hydrogen (secondary N) is 1. The van der Waals surface area contributed by atoms with Crippen molar-refractivity contribution in [3.8, 4) is 0 Å². The minimum absolute atomic E-state index is 0.475.